The van der Waals surface area contributed by atoms with E-state index in [-0.39, 0.29) is 11.0 Å². The zero-order valence-electron chi connectivity index (χ0n) is 16.7. The summed E-state index contributed by atoms with van der Waals surface area (Å²) < 4.78 is 46.1. The number of hydrogen-bond acceptors (Lipinski definition) is 5. The van der Waals surface area contributed by atoms with Crippen molar-refractivity contribution in [2.75, 3.05) is 18.1 Å². The first-order chi connectivity index (χ1) is 14.4. The van der Waals surface area contributed by atoms with Crippen LogP contribution in [0.1, 0.15) is 25.8 Å². The van der Waals surface area contributed by atoms with Gasteiger partial charge in [-0.25, -0.2) is 9.97 Å². The molecule has 30 heavy (non-hydrogen) atoms. The van der Waals surface area contributed by atoms with E-state index in [0.717, 1.165) is 35.8 Å². The highest BCUT2D eigenvalue weighted by atomic mass is 32.2. The highest BCUT2D eigenvalue weighted by molar-refractivity contribution is 7.99. The third-order valence-electron chi connectivity index (χ3n) is 4.18. The second-order valence-corrected chi connectivity index (χ2v) is 7.45. The van der Waals surface area contributed by atoms with Crippen LogP contribution in [0.2, 0.25) is 0 Å². The van der Waals surface area contributed by atoms with Crippen LogP contribution < -0.4 is 9.64 Å². The molecule has 158 valence electrons. The van der Waals surface area contributed by atoms with Crippen molar-refractivity contribution in [1.82, 2.24) is 9.97 Å². The van der Waals surface area contributed by atoms with Crippen LogP contribution in [0.3, 0.4) is 0 Å². The zero-order valence-corrected chi connectivity index (χ0v) is 17.5. The minimum absolute atomic E-state index is 0.125. The van der Waals surface area contributed by atoms with Crippen molar-refractivity contribution >= 4 is 23.4 Å². The number of hydrogen-bond donors (Lipinski definition) is 0. The molecule has 0 bridgehead atoms. The van der Waals surface area contributed by atoms with E-state index in [1.165, 1.54) is 0 Å². The van der Waals surface area contributed by atoms with Gasteiger partial charge < -0.3 is 9.64 Å². The summed E-state index contributed by atoms with van der Waals surface area (Å²) in [6.07, 6.45) is -2.77. The number of ether oxygens (including phenoxy) is 1. The maximum Gasteiger partial charge on any atom is 0.420 e. The van der Waals surface area contributed by atoms with E-state index < -0.39 is 11.7 Å². The smallest absolute Gasteiger partial charge is 0.420 e. The molecule has 0 saturated carbocycles. The lowest BCUT2D eigenvalue weighted by atomic mass is 10.2. The molecule has 1 heterocycles. The SMILES string of the molecule is CCCOc1ccc(N(CC)c2ncc(C(F)(F)F)c(Sc3ccccc3)n2)cc1. The van der Waals surface area contributed by atoms with E-state index in [0.29, 0.717) is 18.0 Å². The summed E-state index contributed by atoms with van der Waals surface area (Å²) in [4.78, 5) is 10.7. The van der Waals surface area contributed by atoms with Crippen molar-refractivity contribution in [3.8, 4) is 5.75 Å². The summed E-state index contributed by atoms with van der Waals surface area (Å²) in [5, 5.41) is -0.125. The number of alkyl halides is 3. The molecule has 0 aliphatic heterocycles. The molecule has 0 amide bonds. The van der Waals surface area contributed by atoms with Gasteiger partial charge in [0.15, 0.2) is 0 Å². The van der Waals surface area contributed by atoms with Gasteiger partial charge in [0, 0.05) is 23.3 Å². The van der Waals surface area contributed by atoms with Crippen molar-refractivity contribution < 1.29 is 17.9 Å². The van der Waals surface area contributed by atoms with Gasteiger partial charge in [0.25, 0.3) is 0 Å². The van der Waals surface area contributed by atoms with Gasteiger partial charge in [-0.05, 0) is 49.7 Å². The Hall–Kier alpha value is -2.74. The Labute approximate surface area is 178 Å². The van der Waals surface area contributed by atoms with Crippen molar-refractivity contribution in [3.05, 3.63) is 66.4 Å². The van der Waals surface area contributed by atoms with Crippen LogP contribution in [-0.2, 0) is 6.18 Å². The highest BCUT2D eigenvalue weighted by Crippen LogP contribution is 2.39. The van der Waals surface area contributed by atoms with Gasteiger partial charge in [0.05, 0.1) is 6.61 Å². The fourth-order valence-corrected chi connectivity index (χ4v) is 3.66. The highest BCUT2D eigenvalue weighted by Gasteiger charge is 2.35. The molecule has 2 aromatic carbocycles. The number of anilines is 2. The quantitative estimate of drug-likeness (QED) is 0.375. The third kappa shape index (κ3) is 5.44. The monoisotopic (exact) mass is 433 g/mol. The van der Waals surface area contributed by atoms with Gasteiger partial charge in [-0.2, -0.15) is 13.2 Å². The fourth-order valence-electron chi connectivity index (χ4n) is 2.74. The van der Waals surface area contributed by atoms with Crippen LogP contribution in [0.15, 0.2) is 70.7 Å². The number of nitrogens with zero attached hydrogens (tertiary/aromatic N) is 3. The predicted molar refractivity (Wildman–Crippen MR) is 113 cm³/mol. The van der Waals surface area contributed by atoms with Crippen LogP contribution in [-0.4, -0.2) is 23.1 Å². The van der Waals surface area contributed by atoms with Crippen molar-refractivity contribution in [1.29, 1.82) is 0 Å². The average Bonchev–Trinajstić information content (AvgIpc) is 2.74. The first-order valence-electron chi connectivity index (χ1n) is 9.60. The fraction of sp³-hybridized carbons (Fsp3) is 0.273. The molecule has 0 N–H and O–H groups in total. The lowest BCUT2D eigenvalue weighted by molar-refractivity contribution is -0.140. The molecular weight excluding hydrogens is 411 g/mol. The minimum Gasteiger partial charge on any atom is -0.494 e. The van der Waals surface area contributed by atoms with E-state index in [9.17, 15) is 13.2 Å². The molecule has 0 unspecified atom stereocenters. The third-order valence-corrected chi connectivity index (χ3v) is 5.20. The summed E-state index contributed by atoms with van der Waals surface area (Å²) in [7, 11) is 0. The van der Waals surface area contributed by atoms with Gasteiger partial charge in [0.2, 0.25) is 5.95 Å². The van der Waals surface area contributed by atoms with Gasteiger partial charge >= 0.3 is 6.18 Å². The van der Waals surface area contributed by atoms with E-state index in [1.54, 1.807) is 29.2 Å². The van der Waals surface area contributed by atoms with Crippen LogP contribution in [0, 0.1) is 0 Å². The molecule has 0 spiro atoms. The Balaban J connectivity index is 1.94. The largest absolute Gasteiger partial charge is 0.494 e. The van der Waals surface area contributed by atoms with Crippen LogP contribution in [0.5, 0.6) is 5.75 Å². The second kappa shape index (κ2) is 9.84. The van der Waals surface area contributed by atoms with E-state index in [4.69, 9.17) is 4.74 Å². The normalized spacial score (nSPS) is 11.4. The molecule has 8 heteroatoms. The molecule has 0 saturated heterocycles. The lowest BCUT2D eigenvalue weighted by Crippen LogP contribution is -2.20. The lowest BCUT2D eigenvalue weighted by Gasteiger charge is -2.22. The molecule has 4 nitrogen and oxygen atoms in total. The predicted octanol–water partition coefficient (Wildman–Crippen LogP) is 6.59. The van der Waals surface area contributed by atoms with Gasteiger partial charge in [-0.3, -0.25) is 0 Å². The molecule has 3 rings (SSSR count). The average molecular weight is 433 g/mol. The summed E-state index contributed by atoms with van der Waals surface area (Å²) in [6.45, 7) is 5.04. The van der Waals surface area contributed by atoms with Crippen LogP contribution >= 0.6 is 11.8 Å². The van der Waals surface area contributed by atoms with Gasteiger partial charge in [0.1, 0.15) is 16.3 Å². The summed E-state index contributed by atoms with van der Waals surface area (Å²) in [5.41, 5.74) is -0.0729. The Morgan fingerprint density at radius 2 is 1.70 bits per heavy atom. The van der Waals surface area contributed by atoms with E-state index >= 15 is 0 Å². The Bertz CT molecular complexity index is 950. The summed E-state index contributed by atoms with van der Waals surface area (Å²) in [6, 6.07) is 16.2. The molecule has 0 atom stereocenters. The topological polar surface area (TPSA) is 38.2 Å². The number of halogens is 3. The summed E-state index contributed by atoms with van der Waals surface area (Å²) >= 11 is 0.972. The van der Waals surface area contributed by atoms with E-state index in [2.05, 4.69) is 9.97 Å². The Morgan fingerprint density at radius 1 is 1.00 bits per heavy atom. The standard InChI is InChI=1S/C22H22F3N3OS/c1-3-14-29-17-12-10-16(11-13-17)28(4-2)21-26-15-19(22(23,24)25)20(27-21)30-18-8-6-5-7-9-18/h5-13,15H,3-4,14H2,1-2H3. The molecule has 0 aliphatic rings. The van der Waals surface area contributed by atoms with E-state index in [1.807, 2.05) is 44.2 Å². The minimum atomic E-state index is -4.54. The van der Waals surface area contributed by atoms with Crippen molar-refractivity contribution in [3.63, 3.8) is 0 Å². The maximum absolute atomic E-state index is 13.5. The Kier molecular flexibility index (Phi) is 7.20. The number of rotatable bonds is 8. The first kappa shape index (κ1) is 22.0. The van der Waals surface area contributed by atoms with Crippen molar-refractivity contribution in [2.45, 2.75) is 36.4 Å². The molecule has 0 radical (unpaired) electrons. The molecule has 0 aliphatic carbocycles. The van der Waals surface area contributed by atoms with Crippen molar-refractivity contribution in [2.24, 2.45) is 0 Å². The number of aromatic nitrogens is 2. The second-order valence-electron chi connectivity index (χ2n) is 6.39. The van der Waals surface area contributed by atoms with Crippen LogP contribution in [0.4, 0.5) is 24.8 Å². The molecular formula is C22H22F3N3OS. The van der Waals surface area contributed by atoms with Crippen LogP contribution in [0.25, 0.3) is 0 Å². The number of benzene rings is 2. The molecule has 1 aromatic heterocycles. The molecule has 3 aromatic rings. The summed E-state index contributed by atoms with van der Waals surface area (Å²) in [5.74, 6) is 0.955. The Morgan fingerprint density at radius 3 is 2.30 bits per heavy atom. The zero-order chi connectivity index (χ0) is 21.6. The maximum atomic E-state index is 13.5. The van der Waals surface area contributed by atoms with Gasteiger partial charge in [-0.1, -0.05) is 36.9 Å². The first-order valence-corrected chi connectivity index (χ1v) is 10.4. The van der Waals surface area contributed by atoms with Gasteiger partial charge in [-0.15, -0.1) is 0 Å². The molecule has 0 fully saturated rings.